The molecule has 11 heteroatoms. The molecule has 3 amide bonds. The molecule has 0 radical (unpaired) electrons. The molecule has 0 saturated carbocycles. The fraction of sp³-hybridized carbons (Fsp3) is 0.292. The number of hydrogen-bond donors (Lipinski definition) is 1. The molecule has 2 aromatic carbocycles. The maximum Gasteiger partial charge on any atom is 0.294 e. The van der Waals surface area contributed by atoms with E-state index in [9.17, 15) is 19.5 Å². The van der Waals surface area contributed by atoms with Gasteiger partial charge in [-0.3, -0.25) is 19.3 Å². The summed E-state index contributed by atoms with van der Waals surface area (Å²) < 4.78 is 6.33. The molecule has 1 N–H and O–H groups in total. The summed E-state index contributed by atoms with van der Waals surface area (Å²) in [6.07, 6.45) is 1.55. The van der Waals surface area contributed by atoms with Crippen LogP contribution in [0.4, 0.5) is 10.5 Å². The lowest BCUT2D eigenvalue weighted by Crippen LogP contribution is -2.51. The van der Waals surface area contributed by atoms with Crippen molar-refractivity contribution in [2.24, 2.45) is 0 Å². The number of phenols is 1. The number of thioether (sulfide) groups is 1. The Morgan fingerprint density at radius 1 is 1.11 bits per heavy atom. The molecule has 0 unspecified atom stereocenters. The minimum absolute atomic E-state index is 0.0677. The zero-order valence-corrected chi connectivity index (χ0v) is 22.9. The average Bonchev–Trinajstić information content (AvgIpc) is 3.13. The number of benzene rings is 2. The van der Waals surface area contributed by atoms with E-state index in [1.54, 1.807) is 24.0 Å². The van der Waals surface area contributed by atoms with Crippen LogP contribution in [0.15, 0.2) is 50.2 Å². The van der Waals surface area contributed by atoms with E-state index in [1.165, 1.54) is 0 Å². The first kappa shape index (κ1) is 25.6. The topological polar surface area (TPSA) is 90.4 Å². The van der Waals surface area contributed by atoms with Crippen molar-refractivity contribution < 1.29 is 24.2 Å². The maximum atomic E-state index is 13.0. The van der Waals surface area contributed by atoms with Gasteiger partial charge in [0, 0.05) is 36.3 Å². The molecule has 0 atom stereocenters. The largest absolute Gasteiger partial charge is 0.503 e. The van der Waals surface area contributed by atoms with Crippen LogP contribution in [-0.2, 0) is 9.59 Å². The Morgan fingerprint density at radius 2 is 1.80 bits per heavy atom. The van der Waals surface area contributed by atoms with Gasteiger partial charge in [-0.2, -0.15) is 0 Å². The number of halogens is 2. The summed E-state index contributed by atoms with van der Waals surface area (Å²) in [4.78, 5) is 43.5. The van der Waals surface area contributed by atoms with Crippen LogP contribution in [0.25, 0.3) is 6.08 Å². The highest BCUT2D eigenvalue weighted by atomic mass is 79.9. The number of ether oxygens (including phenoxy) is 1. The Morgan fingerprint density at radius 3 is 2.46 bits per heavy atom. The fourth-order valence-corrected chi connectivity index (χ4v) is 5.52. The van der Waals surface area contributed by atoms with Crippen LogP contribution in [-0.4, -0.2) is 71.3 Å². The lowest BCUT2D eigenvalue weighted by molar-refractivity contribution is -0.136. The Bertz CT molecular complexity index is 1180. The maximum absolute atomic E-state index is 13.0. The van der Waals surface area contributed by atoms with Gasteiger partial charge in [-0.25, -0.2) is 0 Å². The molecule has 2 saturated heterocycles. The van der Waals surface area contributed by atoms with Gasteiger partial charge < -0.3 is 19.6 Å². The third-order valence-electron chi connectivity index (χ3n) is 5.68. The molecule has 2 aliphatic heterocycles. The van der Waals surface area contributed by atoms with E-state index in [1.807, 2.05) is 30.3 Å². The molecule has 8 nitrogen and oxygen atoms in total. The number of hydrogen-bond acceptors (Lipinski definition) is 7. The highest BCUT2D eigenvalue weighted by molar-refractivity contribution is 9.13. The number of aromatic hydroxyl groups is 1. The van der Waals surface area contributed by atoms with E-state index in [-0.39, 0.29) is 28.9 Å². The molecule has 0 bridgehead atoms. The number of amides is 3. The number of nitrogens with zero attached hydrogens (tertiary/aromatic N) is 3. The molecule has 2 heterocycles. The second-order valence-electron chi connectivity index (χ2n) is 7.84. The van der Waals surface area contributed by atoms with Crippen molar-refractivity contribution in [2.45, 2.75) is 6.92 Å². The van der Waals surface area contributed by atoms with E-state index >= 15 is 0 Å². The Hall–Kier alpha value is -2.50. The summed E-state index contributed by atoms with van der Waals surface area (Å²) in [6, 6.07) is 11.6. The van der Waals surface area contributed by atoms with Crippen molar-refractivity contribution in [2.75, 3.05) is 44.2 Å². The number of carbonyl (C=O) groups excluding carboxylic acids is 3. The summed E-state index contributed by atoms with van der Waals surface area (Å²) in [7, 11) is 0. The zero-order valence-electron chi connectivity index (χ0n) is 18.9. The quantitative estimate of drug-likeness (QED) is 0.466. The SMILES string of the molecule is CCOc1cc(/C=C2/SC(=O)N(CC(=O)N3CCN(c4ccccc4)CC3)C2=O)c(Br)c(Br)c1O. The van der Waals surface area contributed by atoms with Crippen LogP contribution < -0.4 is 9.64 Å². The van der Waals surface area contributed by atoms with Gasteiger partial charge in [-0.1, -0.05) is 18.2 Å². The average molecular weight is 625 g/mol. The number of para-hydroxylation sites is 1. The normalized spacial score (nSPS) is 17.5. The number of phenolic OH excluding ortho intramolecular Hbond substituents is 1. The number of carbonyl (C=O) groups is 3. The van der Waals surface area contributed by atoms with Gasteiger partial charge in [0.2, 0.25) is 5.91 Å². The van der Waals surface area contributed by atoms with Crippen molar-refractivity contribution in [3.8, 4) is 11.5 Å². The molecule has 0 aromatic heterocycles. The summed E-state index contributed by atoms with van der Waals surface area (Å²) in [5.74, 6) is -0.599. The second-order valence-corrected chi connectivity index (χ2v) is 10.4. The minimum Gasteiger partial charge on any atom is -0.503 e. The van der Waals surface area contributed by atoms with Crippen molar-refractivity contribution in [1.29, 1.82) is 0 Å². The van der Waals surface area contributed by atoms with E-state index in [2.05, 4.69) is 36.8 Å². The third kappa shape index (κ3) is 5.52. The van der Waals surface area contributed by atoms with E-state index < -0.39 is 11.1 Å². The fourth-order valence-electron chi connectivity index (χ4n) is 3.85. The molecule has 4 rings (SSSR count). The summed E-state index contributed by atoms with van der Waals surface area (Å²) in [5, 5.41) is 9.74. The number of piperazine rings is 1. The van der Waals surface area contributed by atoms with Crippen molar-refractivity contribution in [1.82, 2.24) is 9.80 Å². The van der Waals surface area contributed by atoms with Crippen LogP contribution in [0.1, 0.15) is 12.5 Å². The molecule has 2 aromatic rings. The first-order valence-corrected chi connectivity index (χ1v) is 13.4. The molecule has 35 heavy (non-hydrogen) atoms. The number of anilines is 1. The van der Waals surface area contributed by atoms with Gasteiger partial charge in [0.05, 0.1) is 16.0 Å². The monoisotopic (exact) mass is 623 g/mol. The highest BCUT2D eigenvalue weighted by Gasteiger charge is 2.37. The zero-order chi connectivity index (χ0) is 25.1. The molecule has 2 aliphatic rings. The molecule has 0 spiro atoms. The smallest absolute Gasteiger partial charge is 0.294 e. The van der Waals surface area contributed by atoms with Gasteiger partial charge in [0.25, 0.3) is 11.1 Å². The van der Waals surface area contributed by atoms with Gasteiger partial charge in [-0.05, 0) is 80.4 Å². The van der Waals surface area contributed by atoms with E-state index in [0.29, 0.717) is 47.3 Å². The number of imide groups is 1. The van der Waals surface area contributed by atoms with Gasteiger partial charge in [0.15, 0.2) is 11.5 Å². The van der Waals surface area contributed by atoms with Gasteiger partial charge in [-0.15, -0.1) is 0 Å². The molecule has 184 valence electrons. The lowest BCUT2D eigenvalue weighted by Gasteiger charge is -2.36. The number of rotatable bonds is 6. The predicted molar refractivity (Wildman–Crippen MR) is 143 cm³/mol. The van der Waals surface area contributed by atoms with Crippen LogP contribution in [0.5, 0.6) is 11.5 Å². The second kappa shape index (κ2) is 11.0. The van der Waals surface area contributed by atoms with Gasteiger partial charge in [0.1, 0.15) is 6.54 Å². The van der Waals surface area contributed by atoms with Crippen molar-refractivity contribution in [3.05, 3.63) is 55.8 Å². The van der Waals surface area contributed by atoms with E-state index in [0.717, 1.165) is 22.3 Å². The third-order valence-corrected chi connectivity index (χ3v) is 8.75. The molecule has 2 fully saturated rings. The van der Waals surface area contributed by atoms with Crippen molar-refractivity contribution in [3.63, 3.8) is 0 Å². The highest BCUT2D eigenvalue weighted by Crippen LogP contribution is 2.43. The Balaban J connectivity index is 1.43. The first-order chi connectivity index (χ1) is 16.8. The van der Waals surface area contributed by atoms with Crippen LogP contribution in [0, 0.1) is 0 Å². The predicted octanol–water partition coefficient (Wildman–Crippen LogP) is 4.70. The molecule has 0 aliphatic carbocycles. The van der Waals surface area contributed by atoms with E-state index in [4.69, 9.17) is 4.74 Å². The minimum atomic E-state index is -0.523. The molecular formula is C24H23Br2N3O5S. The van der Waals surface area contributed by atoms with Crippen LogP contribution in [0.3, 0.4) is 0 Å². The first-order valence-electron chi connectivity index (χ1n) is 11.0. The lowest BCUT2D eigenvalue weighted by atomic mass is 10.2. The summed E-state index contributed by atoms with van der Waals surface area (Å²) in [5.41, 5.74) is 1.65. The standard InChI is InChI=1S/C24H23Br2N3O5S/c1-2-34-17-12-15(20(25)21(26)22(17)31)13-18-23(32)29(24(33)35-18)14-19(30)28-10-8-27(9-11-28)16-6-4-3-5-7-16/h3-7,12-13,31H,2,8-11,14H2,1H3/b18-13+. The summed E-state index contributed by atoms with van der Waals surface area (Å²) in [6.45, 7) is 4.26. The Labute approximate surface area is 224 Å². The Kier molecular flexibility index (Phi) is 8.08. The van der Waals surface area contributed by atoms with Crippen LogP contribution in [0.2, 0.25) is 0 Å². The van der Waals surface area contributed by atoms with Crippen LogP contribution >= 0.6 is 43.6 Å². The van der Waals surface area contributed by atoms with Gasteiger partial charge >= 0.3 is 0 Å². The molecular weight excluding hydrogens is 602 g/mol. The van der Waals surface area contributed by atoms with Crippen molar-refractivity contribution >= 4 is 72.4 Å². The summed E-state index contributed by atoms with van der Waals surface area (Å²) >= 11 is 7.48.